The summed E-state index contributed by atoms with van der Waals surface area (Å²) in [4.78, 5) is 11.4. The standard InChI is InChI=1S/C13H16N2O2/c16-13-5-1-2-9-15(13)10-8-14-7-6-12-4-3-11-17-12/h1-5,9,11,14H,6-8,10H2. The summed E-state index contributed by atoms with van der Waals surface area (Å²) in [6, 6.07) is 9.04. The van der Waals surface area contributed by atoms with Crippen molar-refractivity contribution in [2.45, 2.75) is 13.0 Å². The van der Waals surface area contributed by atoms with Crippen molar-refractivity contribution in [3.05, 3.63) is 58.9 Å². The number of pyridine rings is 1. The van der Waals surface area contributed by atoms with Gasteiger partial charge >= 0.3 is 0 Å². The van der Waals surface area contributed by atoms with Gasteiger partial charge in [-0.05, 0) is 18.2 Å². The number of rotatable bonds is 6. The van der Waals surface area contributed by atoms with Crippen molar-refractivity contribution >= 4 is 0 Å². The molecule has 4 nitrogen and oxygen atoms in total. The SMILES string of the molecule is O=c1ccccn1CCNCCc1ccco1. The maximum Gasteiger partial charge on any atom is 0.250 e. The first-order valence-electron chi connectivity index (χ1n) is 5.75. The molecule has 0 fully saturated rings. The normalized spacial score (nSPS) is 10.6. The summed E-state index contributed by atoms with van der Waals surface area (Å²) in [5, 5.41) is 3.28. The van der Waals surface area contributed by atoms with E-state index in [4.69, 9.17) is 4.42 Å². The third kappa shape index (κ3) is 3.60. The van der Waals surface area contributed by atoms with Gasteiger partial charge in [0.1, 0.15) is 5.76 Å². The highest BCUT2D eigenvalue weighted by Gasteiger charge is 1.96. The maximum atomic E-state index is 11.4. The quantitative estimate of drug-likeness (QED) is 0.763. The molecule has 2 aromatic heterocycles. The number of hydrogen-bond donors (Lipinski definition) is 1. The predicted octanol–water partition coefficient (Wildman–Crippen LogP) is 1.27. The van der Waals surface area contributed by atoms with E-state index in [2.05, 4.69) is 5.32 Å². The van der Waals surface area contributed by atoms with E-state index in [0.29, 0.717) is 6.54 Å². The van der Waals surface area contributed by atoms with Gasteiger partial charge in [-0.15, -0.1) is 0 Å². The van der Waals surface area contributed by atoms with Gasteiger partial charge in [-0.1, -0.05) is 6.07 Å². The van der Waals surface area contributed by atoms with Crippen LogP contribution in [-0.4, -0.2) is 17.7 Å². The third-order valence-electron chi connectivity index (χ3n) is 2.56. The number of aromatic nitrogens is 1. The van der Waals surface area contributed by atoms with Crippen LogP contribution in [0, 0.1) is 0 Å². The van der Waals surface area contributed by atoms with Crippen molar-refractivity contribution in [1.29, 1.82) is 0 Å². The van der Waals surface area contributed by atoms with Gasteiger partial charge in [-0.3, -0.25) is 4.79 Å². The molecule has 1 N–H and O–H groups in total. The third-order valence-corrected chi connectivity index (χ3v) is 2.56. The van der Waals surface area contributed by atoms with E-state index in [9.17, 15) is 4.79 Å². The van der Waals surface area contributed by atoms with Crippen LogP contribution in [0.1, 0.15) is 5.76 Å². The minimum absolute atomic E-state index is 0.0420. The zero-order chi connectivity index (χ0) is 11.9. The fraction of sp³-hybridized carbons (Fsp3) is 0.308. The molecular formula is C13H16N2O2. The summed E-state index contributed by atoms with van der Waals surface area (Å²) in [5.74, 6) is 0.981. The molecule has 0 aliphatic carbocycles. The van der Waals surface area contributed by atoms with Crippen LogP contribution in [0.5, 0.6) is 0 Å². The largest absolute Gasteiger partial charge is 0.469 e. The van der Waals surface area contributed by atoms with Crippen molar-refractivity contribution in [2.24, 2.45) is 0 Å². The Kier molecular flexibility index (Phi) is 4.16. The molecule has 2 heterocycles. The van der Waals surface area contributed by atoms with Gasteiger partial charge in [0.2, 0.25) is 0 Å². The predicted molar refractivity (Wildman–Crippen MR) is 66.0 cm³/mol. The Labute approximate surface area is 99.9 Å². The summed E-state index contributed by atoms with van der Waals surface area (Å²) >= 11 is 0. The molecule has 0 aliphatic rings. The summed E-state index contributed by atoms with van der Waals surface area (Å²) in [6.07, 6.45) is 4.35. The monoisotopic (exact) mass is 232 g/mol. The van der Waals surface area contributed by atoms with Crippen LogP contribution in [-0.2, 0) is 13.0 Å². The lowest BCUT2D eigenvalue weighted by atomic mass is 10.3. The van der Waals surface area contributed by atoms with Gasteiger partial charge < -0.3 is 14.3 Å². The topological polar surface area (TPSA) is 47.2 Å². The van der Waals surface area contributed by atoms with E-state index in [1.165, 1.54) is 0 Å². The fourth-order valence-corrected chi connectivity index (χ4v) is 1.64. The van der Waals surface area contributed by atoms with E-state index in [-0.39, 0.29) is 5.56 Å². The van der Waals surface area contributed by atoms with Crippen LogP contribution in [0.25, 0.3) is 0 Å². The second kappa shape index (κ2) is 6.06. The Hall–Kier alpha value is -1.81. The lowest BCUT2D eigenvalue weighted by Gasteiger charge is -2.06. The minimum atomic E-state index is 0.0420. The number of furan rings is 1. The van der Waals surface area contributed by atoms with Gasteiger partial charge in [0.15, 0.2) is 0 Å². The highest BCUT2D eigenvalue weighted by atomic mass is 16.3. The van der Waals surface area contributed by atoms with Crippen molar-refractivity contribution in [3.63, 3.8) is 0 Å². The van der Waals surface area contributed by atoms with Gasteiger partial charge in [0, 0.05) is 38.3 Å². The van der Waals surface area contributed by atoms with E-state index in [1.807, 2.05) is 18.2 Å². The molecule has 0 radical (unpaired) electrons. The fourth-order valence-electron chi connectivity index (χ4n) is 1.64. The highest BCUT2D eigenvalue weighted by molar-refractivity contribution is 4.98. The molecule has 90 valence electrons. The highest BCUT2D eigenvalue weighted by Crippen LogP contribution is 1.99. The van der Waals surface area contributed by atoms with E-state index in [1.54, 1.807) is 29.2 Å². The maximum absolute atomic E-state index is 11.4. The molecule has 0 spiro atoms. The van der Waals surface area contributed by atoms with Gasteiger partial charge in [0.05, 0.1) is 6.26 Å². The van der Waals surface area contributed by atoms with Crippen molar-refractivity contribution < 1.29 is 4.42 Å². The van der Waals surface area contributed by atoms with Crippen LogP contribution >= 0.6 is 0 Å². The number of nitrogens with one attached hydrogen (secondary N) is 1. The summed E-state index contributed by atoms with van der Waals surface area (Å²) < 4.78 is 6.92. The first-order chi connectivity index (χ1) is 8.36. The Morgan fingerprint density at radius 2 is 2.12 bits per heavy atom. The molecule has 0 atom stereocenters. The van der Waals surface area contributed by atoms with E-state index < -0.39 is 0 Å². The van der Waals surface area contributed by atoms with Crippen LogP contribution in [0.2, 0.25) is 0 Å². The zero-order valence-electron chi connectivity index (χ0n) is 9.63. The molecule has 0 amide bonds. The lowest BCUT2D eigenvalue weighted by molar-refractivity contribution is 0.494. The molecule has 0 aromatic carbocycles. The smallest absolute Gasteiger partial charge is 0.250 e. The Bertz CT molecular complexity index is 488. The molecule has 2 rings (SSSR count). The van der Waals surface area contributed by atoms with Crippen LogP contribution in [0.4, 0.5) is 0 Å². The Balaban J connectivity index is 1.67. The molecule has 0 saturated carbocycles. The molecule has 2 aromatic rings. The molecule has 0 aliphatic heterocycles. The van der Waals surface area contributed by atoms with Crippen LogP contribution < -0.4 is 10.9 Å². The minimum Gasteiger partial charge on any atom is -0.469 e. The molecule has 4 heteroatoms. The second-order valence-corrected chi connectivity index (χ2v) is 3.81. The molecule has 0 saturated heterocycles. The summed E-state index contributed by atoms with van der Waals surface area (Å²) in [5.41, 5.74) is 0.0420. The van der Waals surface area contributed by atoms with Gasteiger partial charge in [-0.25, -0.2) is 0 Å². The van der Waals surface area contributed by atoms with E-state index >= 15 is 0 Å². The molecular weight excluding hydrogens is 216 g/mol. The number of nitrogens with zero attached hydrogens (tertiary/aromatic N) is 1. The summed E-state index contributed by atoms with van der Waals surface area (Å²) in [6.45, 7) is 2.33. The number of hydrogen-bond acceptors (Lipinski definition) is 3. The molecule has 17 heavy (non-hydrogen) atoms. The summed E-state index contributed by atoms with van der Waals surface area (Å²) in [7, 11) is 0. The second-order valence-electron chi connectivity index (χ2n) is 3.81. The van der Waals surface area contributed by atoms with Crippen molar-refractivity contribution in [2.75, 3.05) is 13.1 Å². The van der Waals surface area contributed by atoms with Crippen molar-refractivity contribution in [3.8, 4) is 0 Å². The average Bonchev–Trinajstić information content (AvgIpc) is 2.84. The molecule has 0 bridgehead atoms. The van der Waals surface area contributed by atoms with Crippen LogP contribution in [0.3, 0.4) is 0 Å². The average molecular weight is 232 g/mol. The Morgan fingerprint density at radius 3 is 2.88 bits per heavy atom. The first kappa shape index (κ1) is 11.7. The van der Waals surface area contributed by atoms with E-state index in [0.717, 1.165) is 25.3 Å². The zero-order valence-corrected chi connectivity index (χ0v) is 9.63. The molecule has 0 unspecified atom stereocenters. The van der Waals surface area contributed by atoms with Crippen LogP contribution in [0.15, 0.2) is 52.0 Å². The lowest BCUT2D eigenvalue weighted by Crippen LogP contribution is -2.27. The van der Waals surface area contributed by atoms with Gasteiger partial charge in [-0.2, -0.15) is 0 Å². The van der Waals surface area contributed by atoms with Gasteiger partial charge in [0.25, 0.3) is 5.56 Å². The first-order valence-corrected chi connectivity index (χ1v) is 5.75. The Morgan fingerprint density at radius 1 is 1.18 bits per heavy atom. The van der Waals surface area contributed by atoms with Crippen molar-refractivity contribution in [1.82, 2.24) is 9.88 Å².